The van der Waals surface area contributed by atoms with Crippen LogP contribution in [0.4, 0.5) is 8.78 Å². The molecule has 0 bridgehead atoms. The van der Waals surface area contributed by atoms with E-state index in [0.29, 0.717) is 25.2 Å². The van der Waals surface area contributed by atoms with Gasteiger partial charge in [-0.25, -0.2) is 8.78 Å². The maximum Gasteiger partial charge on any atom is 0.261 e. The fourth-order valence-electron chi connectivity index (χ4n) is 2.70. The Kier molecular flexibility index (Phi) is 6.54. The Labute approximate surface area is 125 Å². The number of hydrogen-bond donors (Lipinski definition) is 1. The van der Waals surface area contributed by atoms with Crippen molar-refractivity contribution in [3.8, 4) is 0 Å². The first kappa shape index (κ1) is 16.3. The second-order valence-electron chi connectivity index (χ2n) is 5.60. The molecular weight excluding hydrogens is 274 g/mol. The molecule has 1 saturated heterocycles. The van der Waals surface area contributed by atoms with Crippen molar-refractivity contribution in [1.29, 1.82) is 0 Å². The van der Waals surface area contributed by atoms with Gasteiger partial charge in [-0.1, -0.05) is 30.3 Å². The van der Waals surface area contributed by atoms with E-state index in [-0.39, 0.29) is 0 Å². The third-order valence-electron chi connectivity index (χ3n) is 3.87. The molecule has 0 saturated carbocycles. The van der Waals surface area contributed by atoms with Crippen molar-refractivity contribution in [2.24, 2.45) is 0 Å². The average molecular weight is 298 g/mol. The third kappa shape index (κ3) is 5.69. The van der Waals surface area contributed by atoms with Gasteiger partial charge in [0.25, 0.3) is 6.43 Å². The lowest BCUT2D eigenvalue weighted by atomic mass is 10.0. The van der Waals surface area contributed by atoms with Crippen molar-refractivity contribution in [3.63, 3.8) is 0 Å². The first-order chi connectivity index (χ1) is 10.1. The molecule has 0 aromatic heterocycles. The topological polar surface area (TPSA) is 24.5 Å². The SMILES string of the molecule is CC1CNC(Cc2ccccc2)CN1CCOCC(F)F. The van der Waals surface area contributed by atoms with E-state index in [4.69, 9.17) is 4.74 Å². The maximum atomic E-state index is 12.0. The summed E-state index contributed by atoms with van der Waals surface area (Å²) < 4.78 is 29.1. The van der Waals surface area contributed by atoms with Crippen LogP contribution < -0.4 is 5.32 Å². The van der Waals surface area contributed by atoms with Crippen molar-refractivity contribution in [1.82, 2.24) is 10.2 Å². The molecule has 1 heterocycles. The molecule has 1 aliphatic heterocycles. The Morgan fingerprint density at radius 3 is 2.81 bits per heavy atom. The Morgan fingerprint density at radius 2 is 2.10 bits per heavy atom. The van der Waals surface area contributed by atoms with Crippen LogP contribution in [-0.2, 0) is 11.2 Å². The first-order valence-electron chi connectivity index (χ1n) is 7.52. The molecule has 2 rings (SSSR count). The monoisotopic (exact) mass is 298 g/mol. The van der Waals surface area contributed by atoms with Crippen molar-refractivity contribution < 1.29 is 13.5 Å². The lowest BCUT2D eigenvalue weighted by Crippen LogP contribution is -2.56. The van der Waals surface area contributed by atoms with Crippen LogP contribution in [0.2, 0.25) is 0 Å². The molecular formula is C16H24F2N2O. The van der Waals surface area contributed by atoms with Gasteiger partial charge in [0.1, 0.15) is 6.61 Å². The van der Waals surface area contributed by atoms with Gasteiger partial charge in [-0.05, 0) is 18.9 Å². The predicted molar refractivity (Wildman–Crippen MR) is 79.8 cm³/mol. The van der Waals surface area contributed by atoms with E-state index in [1.807, 2.05) is 6.07 Å². The summed E-state index contributed by atoms with van der Waals surface area (Å²) in [5.41, 5.74) is 1.32. The fraction of sp³-hybridized carbons (Fsp3) is 0.625. The lowest BCUT2D eigenvalue weighted by molar-refractivity contribution is 0.00259. The smallest absolute Gasteiger partial charge is 0.261 e. The highest BCUT2D eigenvalue weighted by molar-refractivity contribution is 5.16. The largest absolute Gasteiger partial charge is 0.374 e. The van der Waals surface area contributed by atoms with E-state index < -0.39 is 13.0 Å². The van der Waals surface area contributed by atoms with Gasteiger partial charge in [-0.2, -0.15) is 0 Å². The Morgan fingerprint density at radius 1 is 1.33 bits per heavy atom. The van der Waals surface area contributed by atoms with Gasteiger partial charge in [0.15, 0.2) is 0 Å². The van der Waals surface area contributed by atoms with Crippen LogP contribution >= 0.6 is 0 Å². The minimum atomic E-state index is -2.38. The van der Waals surface area contributed by atoms with E-state index in [0.717, 1.165) is 19.5 Å². The van der Waals surface area contributed by atoms with Gasteiger partial charge in [-0.15, -0.1) is 0 Å². The zero-order valence-corrected chi connectivity index (χ0v) is 12.5. The quantitative estimate of drug-likeness (QED) is 0.781. The van der Waals surface area contributed by atoms with Crippen LogP contribution in [0, 0.1) is 0 Å². The maximum absolute atomic E-state index is 12.0. The summed E-state index contributed by atoms with van der Waals surface area (Å²) in [6.07, 6.45) is -1.39. The van der Waals surface area contributed by atoms with Crippen LogP contribution in [0.3, 0.4) is 0 Å². The van der Waals surface area contributed by atoms with Crippen LogP contribution in [-0.4, -0.2) is 56.3 Å². The van der Waals surface area contributed by atoms with E-state index >= 15 is 0 Å². The van der Waals surface area contributed by atoms with Crippen LogP contribution in [0.25, 0.3) is 0 Å². The molecule has 0 aliphatic carbocycles. The molecule has 1 N–H and O–H groups in total. The number of nitrogens with zero attached hydrogens (tertiary/aromatic N) is 1. The number of rotatable bonds is 7. The second-order valence-corrected chi connectivity index (χ2v) is 5.60. The highest BCUT2D eigenvalue weighted by Crippen LogP contribution is 2.11. The molecule has 0 amide bonds. The zero-order valence-electron chi connectivity index (χ0n) is 12.5. The van der Waals surface area contributed by atoms with E-state index in [9.17, 15) is 8.78 Å². The summed E-state index contributed by atoms with van der Waals surface area (Å²) >= 11 is 0. The zero-order chi connectivity index (χ0) is 15.1. The summed E-state index contributed by atoms with van der Waals surface area (Å²) in [6.45, 7) is 4.61. The normalized spacial score (nSPS) is 23.6. The Hall–Kier alpha value is -1.04. The van der Waals surface area contributed by atoms with Gasteiger partial charge >= 0.3 is 0 Å². The van der Waals surface area contributed by atoms with E-state index in [2.05, 4.69) is 41.4 Å². The van der Waals surface area contributed by atoms with Gasteiger partial charge in [0.05, 0.1) is 6.61 Å². The van der Waals surface area contributed by atoms with Crippen molar-refractivity contribution in [3.05, 3.63) is 35.9 Å². The molecule has 1 aliphatic rings. The number of hydrogen-bond acceptors (Lipinski definition) is 3. The van der Waals surface area contributed by atoms with E-state index in [1.54, 1.807) is 0 Å². The lowest BCUT2D eigenvalue weighted by Gasteiger charge is -2.38. The highest BCUT2D eigenvalue weighted by atomic mass is 19.3. The Bertz CT molecular complexity index is 403. The summed E-state index contributed by atoms with van der Waals surface area (Å²) in [5, 5.41) is 3.55. The molecule has 1 aromatic rings. The molecule has 21 heavy (non-hydrogen) atoms. The van der Waals surface area contributed by atoms with Crippen LogP contribution in [0.15, 0.2) is 30.3 Å². The number of ether oxygens (including phenoxy) is 1. The molecule has 0 spiro atoms. The summed E-state index contributed by atoms with van der Waals surface area (Å²) in [6, 6.07) is 11.2. The number of benzene rings is 1. The van der Waals surface area contributed by atoms with Crippen LogP contribution in [0.5, 0.6) is 0 Å². The average Bonchev–Trinajstić information content (AvgIpc) is 2.47. The minimum absolute atomic E-state index is 0.368. The highest BCUT2D eigenvalue weighted by Gasteiger charge is 2.24. The molecule has 1 aromatic carbocycles. The van der Waals surface area contributed by atoms with Gasteiger partial charge in [0, 0.05) is 31.7 Å². The predicted octanol–water partition coefficient (Wildman–Crippen LogP) is 2.17. The number of halogens is 2. The molecule has 2 atom stereocenters. The van der Waals surface area contributed by atoms with Crippen molar-refractivity contribution >= 4 is 0 Å². The molecule has 2 unspecified atom stereocenters. The number of nitrogens with one attached hydrogen (secondary N) is 1. The minimum Gasteiger partial charge on any atom is -0.374 e. The summed E-state index contributed by atoms with van der Waals surface area (Å²) in [7, 11) is 0. The van der Waals surface area contributed by atoms with E-state index in [1.165, 1.54) is 5.56 Å². The molecule has 0 radical (unpaired) electrons. The first-order valence-corrected chi connectivity index (χ1v) is 7.52. The third-order valence-corrected chi connectivity index (χ3v) is 3.87. The van der Waals surface area contributed by atoms with Crippen LogP contribution in [0.1, 0.15) is 12.5 Å². The summed E-state index contributed by atoms with van der Waals surface area (Å²) in [5.74, 6) is 0. The number of piperazine rings is 1. The number of alkyl halides is 2. The summed E-state index contributed by atoms with van der Waals surface area (Å²) in [4.78, 5) is 2.32. The molecule has 3 nitrogen and oxygen atoms in total. The molecule has 118 valence electrons. The van der Waals surface area contributed by atoms with Gasteiger partial charge < -0.3 is 10.1 Å². The molecule has 5 heteroatoms. The van der Waals surface area contributed by atoms with Crippen molar-refractivity contribution in [2.45, 2.75) is 31.9 Å². The van der Waals surface area contributed by atoms with Gasteiger partial charge in [0.2, 0.25) is 0 Å². The molecule has 1 fully saturated rings. The standard InChI is InChI=1S/C16H24F2N2O/c1-13-10-19-15(9-14-5-3-2-4-6-14)11-20(13)7-8-21-12-16(17)18/h2-6,13,15-16,19H,7-12H2,1H3. The van der Waals surface area contributed by atoms with Gasteiger partial charge in [-0.3, -0.25) is 4.90 Å². The fourth-order valence-corrected chi connectivity index (χ4v) is 2.70. The van der Waals surface area contributed by atoms with Crippen molar-refractivity contribution in [2.75, 3.05) is 32.8 Å². The Balaban J connectivity index is 1.76. The second kappa shape index (κ2) is 8.41.